The molecule has 0 atom stereocenters. The van der Waals surface area contributed by atoms with Crippen LogP contribution in [0.3, 0.4) is 0 Å². The fourth-order valence-corrected chi connectivity index (χ4v) is 4.92. The molecular formula is C32H37N7O. The van der Waals surface area contributed by atoms with Gasteiger partial charge in [0.05, 0.1) is 5.69 Å². The second kappa shape index (κ2) is 12.8. The SMILES string of the molecule is Cc1ccc(NC(=O)c2ccc(CN3CCN(CC(C)C)CC3)cc2)cc1Nc1nccc(-c2cccnc2)n1. The van der Waals surface area contributed by atoms with Gasteiger partial charge in [0.15, 0.2) is 0 Å². The number of anilines is 3. The zero-order chi connectivity index (χ0) is 27.9. The Hall–Kier alpha value is -4.14. The maximum Gasteiger partial charge on any atom is 0.255 e. The summed E-state index contributed by atoms with van der Waals surface area (Å²) in [5.41, 5.74) is 6.10. The lowest BCUT2D eigenvalue weighted by Gasteiger charge is -2.35. The maximum absolute atomic E-state index is 13.0. The summed E-state index contributed by atoms with van der Waals surface area (Å²) in [5.74, 6) is 1.04. The number of nitrogens with one attached hydrogen (secondary N) is 2. The number of rotatable bonds is 9. The van der Waals surface area contributed by atoms with Gasteiger partial charge in [-0.15, -0.1) is 0 Å². The minimum atomic E-state index is -0.140. The van der Waals surface area contributed by atoms with Crippen molar-refractivity contribution in [2.24, 2.45) is 5.92 Å². The Kier molecular flexibility index (Phi) is 8.78. The number of piperazine rings is 1. The molecule has 0 saturated carbocycles. The predicted octanol–water partition coefficient (Wildman–Crippen LogP) is 5.62. The van der Waals surface area contributed by atoms with Gasteiger partial charge in [0.1, 0.15) is 0 Å². The van der Waals surface area contributed by atoms with Gasteiger partial charge >= 0.3 is 0 Å². The fourth-order valence-electron chi connectivity index (χ4n) is 4.92. The molecule has 1 amide bonds. The van der Waals surface area contributed by atoms with E-state index in [-0.39, 0.29) is 5.91 Å². The number of pyridine rings is 1. The number of hydrogen-bond acceptors (Lipinski definition) is 7. The molecule has 1 aliphatic rings. The molecule has 0 radical (unpaired) electrons. The lowest BCUT2D eigenvalue weighted by molar-refractivity contribution is 0.102. The fraction of sp³-hybridized carbons (Fsp3) is 0.312. The van der Waals surface area contributed by atoms with Gasteiger partial charge in [0, 0.05) is 80.4 Å². The van der Waals surface area contributed by atoms with Crippen LogP contribution in [0.4, 0.5) is 17.3 Å². The molecule has 0 unspecified atom stereocenters. The molecule has 0 spiro atoms. The van der Waals surface area contributed by atoms with Crippen molar-refractivity contribution in [3.8, 4) is 11.3 Å². The highest BCUT2D eigenvalue weighted by Crippen LogP contribution is 2.25. The molecule has 2 N–H and O–H groups in total. The smallest absolute Gasteiger partial charge is 0.255 e. The summed E-state index contributed by atoms with van der Waals surface area (Å²) in [6.07, 6.45) is 5.22. The summed E-state index contributed by atoms with van der Waals surface area (Å²) in [6, 6.07) is 19.4. The molecule has 2 aromatic heterocycles. The zero-order valence-corrected chi connectivity index (χ0v) is 23.5. The Labute approximate surface area is 236 Å². The number of carbonyl (C=O) groups is 1. The van der Waals surface area contributed by atoms with Crippen molar-refractivity contribution in [3.05, 3.63) is 95.9 Å². The largest absolute Gasteiger partial charge is 0.324 e. The molecule has 4 aromatic rings. The van der Waals surface area contributed by atoms with E-state index in [1.807, 2.05) is 55.5 Å². The van der Waals surface area contributed by atoms with E-state index in [0.717, 1.165) is 55.2 Å². The Morgan fingerprint density at radius 1 is 0.950 bits per heavy atom. The number of amides is 1. The van der Waals surface area contributed by atoms with Crippen LogP contribution in [0.25, 0.3) is 11.3 Å². The van der Waals surface area contributed by atoms with Crippen LogP contribution in [0.5, 0.6) is 0 Å². The Balaban J connectivity index is 1.19. The number of carbonyl (C=O) groups excluding carboxylic acids is 1. The molecule has 5 rings (SSSR count). The first-order valence-electron chi connectivity index (χ1n) is 13.9. The summed E-state index contributed by atoms with van der Waals surface area (Å²) in [5, 5.41) is 6.32. The van der Waals surface area contributed by atoms with E-state index in [9.17, 15) is 4.79 Å². The maximum atomic E-state index is 13.0. The van der Waals surface area contributed by atoms with E-state index in [2.05, 4.69) is 61.4 Å². The highest BCUT2D eigenvalue weighted by atomic mass is 16.1. The van der Waals surface area contributed by atoms with E-state index in [1.54, 1.807) is 18.6 Å². The second-order valence-corrected chi connectivity index (χ2v) is 10.8. The molecule has 3 heterocycles. The van der Waals surface area contributed by atoms with Crippen molar-refractivity contribution < 1.29 is 4.79 Å². The average Bonchev–Trinajstić information content (AvgIpc) is 2.96. The third-order valence-electron chi connectivity index (χ3n) is 7.07. The number of nitrogens with zero attached hydrogens (tertiary/aromatic N) is 5. The van der Waals surface area contributed by atoms with Gasteiger partial charge in [-0.25, -0.2) is 9.97 Å². The van der Waals surface area contributed by atoms with Crippen LogP contribution in [-0.2, 0) is 6.54 Å². The standard InChI is InChI=1S/C32H37N7O/c1-23(2)21-38-15-17-39(18-16-38)22-25-7-9-26(10-8-25)31(40)35-28-11-6-24(3)30(19-28)37-32-34-14-12-29(36-32)27-5-4-13-33-20-27/h4-14,19-20,23H,15-18,21-22H2,1-3H3,(H,35,40)(H,34,36,37). The van der Waals surface area contributed by atoms with Crippen LogP contribution in [0.2, 0.25) is 0 Å². The summed E-state index contributed by atoms with van der Waals surface area (Å²) in [6.45, 7) is 13.0. The molecule has 1 saturated heterocycles. The van der Waals surface area contributed by atoms with Gasteiger partial charge in [0.25, 0.3) is 5.91 Å². The first-order chi connectivity index (χ1) is 19.4. The topological polar surface area (TPSA) is 86.3 Å². The summed E-state index contributed by atoms with van der Waals surface area (Å²) in [7, 11) is 0. The van der Waals surface area contributed by atoms with Crippen molar-refractivity contribution in [1.29, 1.82) is 0 Å². The van der Waals surface area contributed by atoms with Gasteiger partial charge in [-0.05, 0) is 66.4 Å². The van der Waals surface area contributed by atoms with Crippen molar-refractivity contribution in [2.45, 2.75) is 27.3 Å². The lowest BCUT2D eigenvalue weighted by Crippen LogP contribution is -2.46. The molecule has 40 heavy (non-hydrogen) atoms. The third kappa shape index (κ3) is 7.28. The molecule has 0 aliphatic carbocycles. The van der Waals surface area contributed by atoms with E-state index >= 15 is 0 Å². The Morgan fingerprint density at radius 2 is 1.73 bits per heavy atom. The van der Waals surface area contributed by atoms with Gasteiger partial charge in [0.2, 0.25) is 5.95 Å². The molecule has 1 aliphatic heterocycles. The van der Waals surface area contributed by atoms with Crippen LogP contribution in [0.15, 0.2) is 79.3 Å². The van der Waals surface area contributed by atoms with Crippen molar-refractivity contribution in [3.63, 3.8) is 0 Å². The zero-order valence-electron chi connectivity index (χ0n) is 23.5. The van der Waals surface area contributed by atoms with E-state index in [1.165, 1.54) is 12.1 Å². The van der Waals surface area contributed by atoms with E-state index < -0.39 is 0 Å². The van der Waals surface area contributed by atoms with E-state index in [4.69, 9.17) is 0 Å². The minimum Gasteiger partial charge on any atom is -0.324 e. The van der Waals surface area contributed by atoms with Crippen LogP contribution < -0.4 is 10.6 Å². The highest BCUT2D eigenvalue weighted by Gasteiger charge is 2.18. The molecule has 8 heteroatoms. The van der Waals surface area contributed by atoms with Crippen LogP contribution in [0, 0.1) is 12.8 Å². The monoisotopic (exact) mass is 535 g/mol. The predicted molar refractivity (Wildman–Crippen MR) is 161 cm³/mol. The third-order valence-corrected chi connectivity index (χ3v) is 7.07. The quantitative estimate of drug-likeness (QED) is 0.288. The highest BCUT2D eigenvalue weighted by molar-refractivity contribution is 6.04. The van der Waals surface area contributed by atoms with Crippen LogP contribution >= 0.6 is 0 Å². The molecule has 1 fully saturated rings. The summed E-state index contributed by atoms with van der Waals surface area (Å²) >= 11 is 0. The normalized spacial score (nSPS) is 14.3. The Morgan fingerprint density at radius 3 is 2.45 bits per heavy atom. The number of hydrogen-bond donors (Lipinski definition) is 2. The van der Waals surface area contributed by atoms with Crippen molar-refractivity contribution in [1.82, 2.24) is 24.8 Å². The van der Waals surface area contributed by atoms with E-state index in [0.29, 0.717) is 23.1 Å². The summed E-state index contributed by atoms with van der Waals surface area (Å²) in [4.78, 5) is 31.2. The van der Waals surface area contributed by atoms with Gasteiger partial charge in [-0.1, -0.05) is 32.0 Å². The first kappa shape index (κ1) is 27.4. The average molecular weight is 536 g/mol. The van der Waals surface area contributed by atoms with Crippen molar-refractivity contribution >= 4 is 23.2 Å². The molecule has 2 aromatic carbocycles. The first-order valence-corrected chi connectivity index (χ1v) is 13.9. The summed E-state index contributed by atoms with van der Waals surface area (Å²) < 4.78 is 0. The minimum absolute atomic E-state index is 0.140. The lowest BCUT2D eigenvalue weighted by atomic mass is 10.1. The van der Waals surface area contributed by atoms with Gasteiger partial charge in [-0.2, -0.15) is 0 Å². The van der Waals surface area contributed by atoms with Gasteiger partial charge < -0.3 is 15.5 Å². The molecule has 8 nitrogen and oxygen atoms in total. The number of aryl methyl sites for hydroxylation is 1. The number of benzene rings is 2. The molecular weight excluding hydrogens is 498 g/mol. The van der Waals surface area contributed by atoms with Crippen LogP contribution in [-0.4, -0.2) is 63.4 Å². The van der Waals surface area contributed by atoms with Gasteiger partial charge in [-0.3, -0.25) is 14.7 Å². The molecule has 206 valence electrons. The molecule has 0 bridgehead atoms. The van der Waals surface area contributed by atoms with Crippen molar-refractivity contribution in [2.75, 3.05) is 43.4 Å². The second-order valence-electron chi connectivity index (χ2n) is 10.8. The Bertz CT molecular complexity index is 1420. The van der Waals surface area contributed by atoms with Crippen LogP contribution in [0.1, 0.15) is 35.3 Å². The number of aromatic nitrogens is 3.